The molecule has 0 radical (unpaired) electrons. The van der Waals surface area contributed by atoms with E-state index >= 15 is 0 Å². The molecule has 0 bridgehead atoms. The van der Waals surface area contributed by atoms with Crippen LogP contribution < -0.4 is 4.74 Å². The Morgan fingerprint density at radius 2 is 1.90 bits per heavy atom. The molecular weight excluding hydrogens is 264 g/mol. The third-order valence-electron chi connectivity index (χ3n) is 2.97. The number of hydrogen-bond acceptors (Lipinski definition) is 6. The van der Waals surface area contributed by atoms with E-state index in [4.69, 9.17) is 4.74 Å². The van der Waals surface area contributed by atoms with Crippen molar-refractivity contribution >= 4 is 17.3 Å². The number of Topliss-reactive ketones (excluding diaryl/α,β-unsaturated/α-hetero) is 2. The van der Waals surface area contributed by atoms with Crippen molar-refractivity contribution in [2.45, 2.75) is 13.3 Å². The number of carbonyl (C=O) groups is 3. The van der Waals surface area contributed by atoms with Gasteiger partial charge in [-0.25, -0.2) is 0 Å². The van der Waals surface area contributed by atoms with Gasteiger partial charge in [-0.15, -0.1) is 0 Å². The number of allylic oxidation sites excluding steroid dienone is 2. The highest BCUT2D eigenvalue weighted by molar-refractivity contribution is 6.27. The molecule has 0 amide bonds. The third kappa shape index (κ3) is 2.05. The van der Waals surface area contributed by atoms with E-state index in [-0.39, 0.29) is 34.7 Å². The summed E-state index contributed by atoms with van der Waals surface area (Å²) in [5.41, 5.74) is -0.621. The second kappa shape index (κ2) is 4.80. The molecule has 0 saturated carbocycles. The fourth-order valence-electron chi connectivity index (χ4n) is 2.12. The Balaban J connectivity index is 2.67. The van der Waals surface area contributed by atoms with Crippen LogP contribution in [-0.4, -0.2) is 34.7 Å². The molecule has 0 unspecified atom stereocenters. The van der Waals surface area contributed by atoms with E-state index in [0.29, 0.717) is 0 Å². The number of phenolic OH excluding ortho intramolecular Hbond substituents is 2. The normalized spacial score (nSPS) is 13.8. The average Bonchev–Trinajstić information content (AvgIpc) is 2.37. The minimum absolute atomic E-state index is 0.0158. The molecule has 6 nitrogen and oxygen atoms in total. The number of fused-ring (bicyclic) bond motifs is 1. The Morgan fingerprint density at radius 3 is 2.45 bits per heavy atom. The molecule has 0 aliphatic heterocycles. The lowest BCUT2D eigenvalue weighted by molar-refractivity contribution is -0.116. The fourth-order valence-corrected chi connectivity index (χ4v) is 2.12. The van der Waals surface area contributed by atoms with Crippen LogP contribution in [0.1, 0.15) is 34.1 Å². The van der Waals surface area contributed by atoms with Crippen LogP contribution in [0, 0.1) is 0 Å². The van der Waals surface area contributed by atoms with Gasteiger partial charge >= 0.3 is 0 Å². The number of aromatic hydroxyl groups is 2. The molecule has 0 saturated heterocycles. The van der Waals surface area contributed by atoms with E-state index in [1.807, 2.05) is 0 Å². The standard InChI is InChI=1S/C14H12O6/c1-6(15)3-7-4-8(16)11-9(17)5-10(20-2)14(19)12(11)13(7)18/h4-5,17,19H,3H2,1-2H3. The number of benzene rings is 1. The van der Waals surface area contributed by atoms with Crippen molar-refractivity contribution in [3.05, 3.63) is 28.8 Å². The van der Waals surface area contributed by atoms with Crippen LogP contribution in [0.25, 0.3) is 0 Å². The van der Waals surface area contributed by atoms with Crippen molar-refractivity contribution in [1.82, 2.24) is 0 Å². The molecule has 0 atom stereocenters. The first kappa shape index (κ1) is 13.8. The van der Waals surface area contributed by atoms with Gasteiger partial charge in [0.15, 0.2) is 23.1 Å². The van der Waals surface area contributed by atoms with Crippen LogP contribution >= 0.6 is 0 Å². The molecule has 1 aliphatic rings. The first-order chi connectivity index (χ1) is 9.36. The monoisotopic (exact) mass is 276 g/mol. The summed E-state index contributed by atoms with van der Waals surface area (Å²) in [6.07, 6.45) is 0.805. The summed E-state index contributed by atoms with van der Waals surface area (Å²) in [5, 5.41) is 19.8. The fraction of sp³-hybridized carbons (Fsp3) is 0.214. The van der Waals surface area contributed by atoms with Crippen molar-refractivity contribution in [2.24, 2.45) is 0 Å². The van der Waals surface area contributed by atoms with Crippen LogP contribution in [0.2, 0.25) is 0 Å². The van der Waals surface area contributed by atoms with Gasteiger partial charge in [0.2, 0.25) is 0 Å². The number of methoxy groups -OCH3 is 1. The number of hydrogen-bond donors (Lipinski definition) is 2. The largest absolute Gasteiger partial charge is 0.507 e. The minimum atomic E-state index is -0.665. The highest BCUT2D eigenvalue weighted by Gasteiger charge is 2.33. The second-order valence-electron chi connectivity index (χ2n) is 4.44. The SMILES string of the molecule is COc1cc(O)c2c(c1O)C(=O)C(CC(C)=O)=CC2=O. The van der Waals surface area contributed by atoms with E-state index in [9.17, 15) is 24.6 Å². The summed E-state index contributed by atoms with van der Waals surface area (Å²) in [4.78, 5) is 35.3. The Bertz CT molecular complexity index is 669. The first-order valence-electron chi connectivity index (χ1n) is 5.78. The predicted octanol–water partition coefficient (Wildman–Crippen LogP) is 1.39. The average molecular weight is 276 g/mol. The quantitative estimate of drug-likeness (QED) is 0.809. The zero-order chi connectivity index (χ0) is 15.0. The third-order valence-corrected chi connectivity index (χ3v) is 2.97. The summed E-state index contributed by atoms with van der Waals surface area (Å²) in [6.45, 7) is 1.29. The lowest BCUT2D eigenvalue weighted by Gasteiger charge is -2.18. The van der Waals surface area contributed by atoms with Crippen molar-refractivity contribution in [3.63, 3.8) is 0 Å². The maximum absolute atomic E-state index is 12.2. The highest BCUT2D eigenvalue weighted by atomic mass is 16.5. The first-order valence-corrected chi connectivity index (χ1v) is 5.78. The molecule has 0 aromatic heterocycles. The Labute approximate surface area is 114 Å². The molecule has 104 valence electrons. The molecule has 0 heterocycles. The van der Waals surface area contributed by atoms with Crippen molar-refractivity contribution in [3.8, 4) is 17.2 Å². The van der Waals surface area contributed by atoms with Gasteiger partial charge in [0.25, 0.3) is 0 Å². The van der Waals surface area contributed by atoms with E-state index in [1.165, 1.54) is 14.0 Å². The summed E-state index contributed by atoms with van der Waals surface area (Å²) in [5.74, 6) is -2.68. The maximum atomic E-state index is 12.2. The van der Waals surface area contributed by atoms with Crippen molar-refractivity contribution in [1.29, 1.82) is 0 Å². The van der Waals surface area contributed by atoms with Gasteiger partial charge in [0.1, 0.15) is 11.5 Å². The van der Waals surface area contributed by atoms with Gasteiger partial charge in [0, 0.05) is 18.1 Å². The number of carbonyl (C=O) groups excluding carboxylic acids is 3. The Hall–Kier alpha value is -2.63. The highest BCUT2D eigenvalue weighted by Crippen LogP contribution is 2.41. The van der Waals surface area contributed by atoms with Crippen LogP contribution in [-0.2, 0) is 4.79 Å². The van der Waals surface area contributed by atoms with Gasteiger partial charge < -0.3 is 14.9 Å². The number of ether oxygens (including phenoxy) is 1. The zero-order valence-electron chi connectivity index (χ0n) is 10.9. The molecule has 1 aromatic rings. The summed E-state index contributed by atoms with van der Waals surface area (Å²) < 4.78 is 4.83. The van der Waals surface area contributed by atoms with Gasteiger partial charge in [0.05, 0.1) is 18.2 Å². The van der Waals surface area contributed by atoms with E-state index in [1.54, 1.807) is 0 Å². The minimum Gasteiger partial charge on any atom is -0.507 e. The second-order valence-corrected chi connectivity index (χ2v) is 4.44. The smallest absolute Gasteiger partial charge is 0.194 e. The predicted molar refractivity (Wildman–Crippen MR) is 68.4 cm³/mol. The molecule has 2 rings (SSSR count). The van der Waals surface area contributed by atoms with Gasteiger partial charge in [-0.2, -0.15) is 0 Å². The van der Waals surface area contributed by atoms with Crippen LogP contribution in [0.4, 0.5) is 0 Å². The Morgan fingerprint density at radius 1 is 1.25 bits per heavy atom. The van der Waals surface area contributed by atoms with Gasteiger partial charge in [-0.05, 0) is 13.0 Å². The molecule has 6 heteroatoms. The van der Waals surface area contributed by atoms with Gasteiger partial charge in [-0.3, -0.25) is 14.4 Å². The van der Waals surface area contributed by atoms with Crippen molar-refractivity contribution in [2.75, 3.05) is 7.11 Å². The molecule has 0 spiro atoms. The van der Waals surface area contributed by atoms with Crippen LogP contribution in [0.5, 0.6) is 17.2 Å². The lowest BCUT2D eigenvalue weighted by Crippen LogP contribution is -2.19. The summed E-state index contributed by atoms with van der Waals surface area (Å²) >= 11 is 0. The molecule has 0 fully saturated rings. The molecule has 1 aromatic carbocycles. The number of phenols is 2. The van der Waals surface area contributed by atoms with Crippen molar-refractivity contribution < 1.29 is 29.3 Å². The molecule has 2 N–H and O–H groups in total. The molecular formula is C14H12O6. The summed E-state index contributed by atoms with van der Waals surface area (Å²) in [6, 6.07) is 1.06. The zero-order valence-corrected chi connectivity index (χ0v) is 10.9. The van der Waals surface area contributed by atoms with E-state index in [0.717, 1.165) is 12.1 Å². The Kier molecular flexibility index (Phi) is 3.31. The number of ketones is 3. The van der Waals surface area contributed by atoms with Crippen LogP contribution in [0.3, 0.4) is 0 Å². The maximum Gasteiger partial charge on any atom is 0.194 e. The molecule has 20 heavy (non-hydrogen) atoms. The topological polar surface area (TPSA) is 101 Å². The van der Waals surface area contributed by atoms with Gasteiger partial charge in [-0.1, -0.05) is 0 Å². The van der Waals surface area contributed by atoms with E-state index < -0.39 is 23.1 Å². The lowest BCUT2D eigenvalue weighted by atomic mass is 9.86. The van der Waals surface area contributed by atoms with Crippen LogP contribution in [0.15, 0.2) is 17.7 Å². The molecule has 1 aliphatic carbocycles. The number of rotatable bonds is 3. The summed E-state index contributed by atoms with van der Waals surface area (Å²) in [7, 11) is 1.25. The van der Waals surface area contributed by atoms with E-state index in [2.05, 4.69) is 0 Å².